The predicted molar refractivity (Wildman–Crippen MR) is 106 cm³/mol. The Hall–Kier alpha value is -3.54. The SMILES string of the molecule is O=C(Nc1ccc(F)cc1F)c1ccc(C(=O)N2CCc3ccccc3C2)cc1. The van der Waals surface area contributed by atoms with Gasteiger partial charge < -0.3 is 10.2 Å². The first-order valence-corrected chi connectivity index (χ1v) is 9.24. The van der Waals surface area contributed by atoms with Gasteiger partial charge in [-0.25, -0.2) is 8.78 Å². The standard InChI is InChI=1S/C23H18F2N2O2/c24-19-9-10-21(20(25)13-19)26-22(28)16-5-7-17(8-6-16)23(29)27-12-11-15-3-1-2-4-18(15)14-27/h1-10,13H,11-12,14H2,(H,26,28). The second-order valence-corrected chi connectivity index (χ2v) is 6.90. The molecule has 0 aromatic heterocycles. The molecule has 4 nitrogen and oxygen atoms in total. The lowest BCUT2D eigenvalue weighted by atomic mass is 9.99. The van der Waals surface area contributed by atoms with Crippen molar-refractivity contribution in [1.82, 2.24) is 4.90 Å². The van der Waals surface area contributed by atoms with Crippen LogP contribution in [0.3, 0.4) is 0 Å². The summed E-state index contributed by atoms with van der Waals surface area (Å²) in [6.07, 6.45) is 0.811. The normalized spacial score (nSPS) is 13.0. The number of benzene rings is 3. The number of amides is 2. The maximum atomic E-state index is 13.7. The predicted octanol–water partition coefficient (Wildman–Crippen LogP) is 4.42. The van der Waals surface area contributed by atoms with Crippen LogP contribution in [0.25, 0.3) is 0 Å². The Kier molecular flexibility index (Phi) is 5.08. The van der Waals surface area contributed by atoms with E-state index in [1.165, 1.54) is 17.7 Å². The minimum absolute atomic E-state index is 0.101. The zero-order valence-corrected chi connectivity index (χ0v) is 15.5. The smallest absolute Gasteiger partial charge is 0.255 e. The lowest BCUT2D eigenvalue weighted by Crippen LogP contribution is -2.35. The molecule has 1 heterocycles. The van der Waals surface area contributed by atoms with Gasteiger partial charge in [-0.2, -0.15) is 0 Å². The molecule has 29 heavy (non-hydrogen) atoms. The van der Waals surface area contributed by atoms with E-state index >= 15 is 0 Å². The van der Waals surface area contributed by atoms with Gasteiger partial charge in [0.15, 0.2) is 0 Å². The number of anilines is 1. The van der Waals surface area contributed by atoms with Gasteiger partial charge in [0.05, 0.1) is 5.69 Å². The number of fused-ring (bicyclic) bond motifs is 1. The number of hydrogen-bond acceptors (Lipinski definition) is 2. The van der Waals surface area contributed by atoms with E-state index in [-0.39, 0.29) is 17.2 Å². The molecular weight excluding hydrogens is 374 g/mol. The second kappa shape index (κ2) is 7.83. The molecule has 6 heteroatoms. The molecule has 2 amide bonds. The Labute approximate surface area is 166 Å². The molecule has 3 aromatic rings. The Bertz CT molecular complexity index is 1080. The van der Waals surface area contributed by atoms with E-state index in [4.69, 9.17) is 0 Å². The minimum atomic E-state index is -0.851. The van der Waals surface area contributed by atoms with Crippen molar-refractivity contribution in [1.29, 1.82) is 0 Å². The largest absolute Gasteiger partial charge is 0.334 e. The van der Waals surface area contributed by atoms with E-state index < -0.39 is 17.5 Å². The molecule has 1 aliphatic heterocycles. The van der Waals surface area contributed by atoms with Crippen LogP contribution in [0.15, 0.2) is 66.7 Å². The molecule has 0 saturated heterocycles. The summed E-state index contributed by atoms with van der Waals surface area (Å²) >= 11 is 0. The van der Waals surface area contributed by atoms with Crippen LogP contribution in [0, 0.1) is 11.6 Å². The number of hydrogen-bond donors (Lipinski definition) is 1. The van der Waals surface area contributed by atoms with Gasteiger partial charge in [-0.3, -0.25) is 9.59 Å². The third-order valence-electron chi connectivity index (χ3n) is 4.99. The van der Waals surface area contributed by atoms with Crippen LogP contribution in [-0.4, -0.2) is 23.3 Å². The van der Waals surface area contributed by atoms with Crippen LogP contribution in [0.4, 0.5) is 14.5 Å². The fourth-order valence-corrected chi connectivity index (χ4v) is 3.40. The fourth-order valence-electron chi connectivity index (χ4n) is 3.40. The first-order chi connectivity index (χ1) is 14.0. The Balaban J connectivity index is 1.45. The second-order valence-electron chi connectivity index (χ2n) is 6.90. The summed E-state index contributed by atoms with van der Waals surface area (Å²) in [5.41, 5.74) is 3.05. The lowest BCUT2D eigenvalue weighted by Gasteiger charge is -2.29. The van der Waals surface area contributed by atoms with Crippen molar-refractivity contribution in [2.75, 3.05) is 11.9 Å². The molecule has 1 N–H and O–H groups in total. The van der Waals surface area contributed by atoms with E-state index in [0.29, 0.717) is 24.7 Å². The van der Waals surface area contributed by atoms with Gasteiger partial charge in [-0.15, -0.1) is 0 Å². The van der Waals surface area contributed by atoms with Gasteiger partial charge in [0, 0.05) is 30.3 Å². The molecule has 4 rings (SSSR count). The van der Waals surface area contributed by atoms with E-state index in [9.17, 15) is 18.4 Å². The molecule has 0 spiro atoms. The summed E-state index contributed by atoms with van der Waals surface area (Å²) < 4.78 is 26.7. The average molecular weight is 392 g/mol. The van der Waals surface area contributed by atoms with Gasteiger partial charge in [0.25, 0.3) is 11.8 Å². The summed E-state index contributed by atoms with van der Waals surface area (Å²) in [5.74, 6) is -2.21. The zero-order valence-electron chi connectivity index (χ0n) is 15.5. The summed E-state index contributed by atoms with van der Waals surface area (Å²) in [5, 5.41) is 2.40. The van der Waals surface area contributed by atoms with Crippen LogP contribution >= 0.6 is 0 Å². The summed E-state index contributed by atoms with van der Waals surface area (Å²) in [7, 11) is 0. The van der Waals surface area contributed by atoms with Gasteiger partial charge in [0.2, 0.25) is 0 Å². The molecule has 1 aliphatic rings. The molecule has 0 atom stereocenters. The van der Waals surface area contributed by atoms with E-state index in [2.05, 4.69) is 11.4 Å². The van der Waals surface area contributed by atoms with Crippen molar-refractivity contribution in [2.24, 2.45) is 0 Å². The molecule has 0 fully saturated rings. The number of halogens is 2. The lowest BCUT2D eigenvalue weighted by molar-refractivity contribution is 0.0734. The van der Waals surface area contributed by atoms with Crippen LogP contribution in [0.1, 0.15) is 31.8 Å². The molecule has 0 unspecified atom stereocenters. The highest BCUT2D eigenvalue weighted by Crippen LogP contribution is 2.21. The quantitative estimate of drug-likeness (QED) is 0.718. The number of rotatable bonds is 3. The summed E-state index contributed by atoms with van der Waals surface area (Å²) in [4.78, 5) is 26.9. The topological polar surface area (TPSA) is 49.4 Å². The van der Waals surface area contributed by atoms with Crippen molar-refractivity contribution in [3.63, 3.8) is 0 Å². The van der Waals surface area contributed by atoms with Gasteiger partial charge in [-0.05, 0) is 53.9 Å². The van der Waals surface area contributed by atoms with E-state index in [0.717, 1.165) is 24.1 Å². The molecule has 0 aliphatic carbocycles. The van der Waals surface area contributed by atoms with Gasteiger partial charge in [0.1, 0.15) is 11.6 Å². The van der Waals surface area contributed by atoms with Crippen molar-refractivity contribution in [3.8, 4) is 0 Å². The van der Waals surface area contributed by atoms with Crippen LogP contribution in [0.5, 0.6) is 0 Å². The van der Waals surface area contributed by atoms with E-state index in [1.807, 2.05) is 18.2 Å². The van der Waals surface area contributed by atoms with Gasteiger partial charge in [-0.1, -0.05) is 24.3 Å². The van der Waals surface area contributed by atoms with Crippen LogP contribution < -0.4 is 5.32 Å². The molecule has 146 valence electrons. The molecule has 3 aromatic carbocycles. The van der Waals surface area contributed by atoms with Crippen LogP contribution in [0.2, 0.25) is 0 Å². The van der Waals surface area contributed by atoms with Crippen LogP contribution in [-0.2, 0) is 13.0 Å². The van der Waals surface area contributed by atoms with Crippen molar-refractivity contribution >= 4 is 17.5 Å². The monoisotopic (exact) mass is 392 g/mol. The molecular formula is C23H18F2N2O2. The van der Waals surface area contributed by atoms with Crippen molar-refractivity contribution in [2.45, 2.75) is 13.0 Å². The van der Waals surface area contributed by atoms with Crippen molar-refractivity contribution < 1.29 is 18.4 Å². The Morgan fingerprint density at radius 3 is 2.28 bits per heavy atom. The first kappa shape index (κ1) is 18.8. The third kappa shape index (κ3) is 4.01. The van der Waals surface area contributed by atoms with E-state index in [1.54, 1.807) is 17.0 Å². The summed E-state index contributed by atoms with van der Waals surface area (Å²) in [6, 6.07) is 17.2. The van der Waals surface area contributed by atoms with Gasteiger partial charge >= 0.3 is 0 Å². The highest BCUT2D eigenvalue weighted by molar-refractivity contribution is 6.05. The van der Waals surface area contributed by atoms with Crippen molar-refractivity contribution in [3.05, 3.63) is 101 Å². The maximum absolute atomic E-state index is 13.7. The number of carbonyl (C=O) groups excluding carboxylic acids is 2. The number of carbonyl (C=O) groups is 2. The Morgan fingerprint density at radius 1 is 0.862 bits per heavy atom. The molecule has 0 radical (unpaired) electrons. The highest BCUT2D eigenvalue weighted by atomic mass is 19.1. The number of nitrogens with zero attached hydrogens (tertiary/aromatic N) is 1. The summed E-state index contributed by atoms with van der Waals surface area (Å²) in [6.45, 7) is 1.20. The minimum Gasteiger partial charge on any atom is -0.334 e. The molecule has 0 saturated carbocycles. The fraction of sp³-hybridized carbons (Fsp3) is 0.130. The zero-order chi connectivity index (χ0) is 20.4. The third-order valence-corrected chi connectivity index (χ3v) is 4.99. The Morgan fingerprint density at radius 2 is 1.55 bits per heavy atom. The molecule has 0 bridgehead atoms. The number of nitrogens with one attached hydrogen (secondary N) is 1. The first-order valence-electron chi connectivity index (χ1n) is 9.24. The maximum Gasteiger partial charge on any atom is 0.255 e. The average Bonchev–Trinajstić information content (AvgIpc) is 2.75. The highest BCUT2D eigenvalue weighted by Gasteiger charge is 2.21.